The molecule has 2 unspecified atom stereocenters. The lowest BCUT2D eigenvalue weighted by atomic mass is 10.1. The molecule has 2 saturated heterocycles. The summed E-state index contributed by atoms with van der Waals surface area (Å²) in [4.78, 5) is 49.7. The molecule has 0 bridgehead atoms. The fourth-order valence-electron chi connectivity index (χ4n) is 3.97. The number of anilines is 3. The van der Waals surface area contributed by atoms with Gasteiger partial charge in [0.05, 0.1) is 11.1 Å². The number of amides is 4. The summed E-state index contributed by atoms with van der Waals surface area (Å²) in [6.45, 7) is 0.859. The van der Waals surface area contributed by atoms with E-state index in [0.29, 0.717) is 41.9 Å². The van der Waals surface area contributed by atoms with Crippen LogP contribution in [0.25, 0.3) is 0 Å². The number of nitrogens with one attached hydrogen (secondary N) is 2. The summed E-state index contributed by atoms with van der Waals surface area (Å²) in [6, 6.07) is 7.10. The van der Waals surface area contributed by atoms with E-state index >= 15 is 0 Å². The monoisotopic (exact) mass is 472 g/mol. The van der Waals surface area contributed by atoms with E-state index in [1.54, 1.807) is 42.3 Å². The molecule has 4 heterocycles. The Labute approximate surface area is 196 Å². The van der Waals surface area contributed by atoms with Gasteiger partial charge in [-0.1, -0.05) is 17.7 Å². The molecule has 33 heavy (non-hydrogen) atoms. The third-order valence-electron chi connectivity index (χ3n) is 5.71. The molecule has 2 aliphatic heterocycles. The zero-order valence-electron chi connectivity index (χ0n) is 18.2. The van der Waals surface area contributed by atoms with E-state index in [0.717, 1.165) is 12.8 Å². The Hall–Kier alpha value is -3.24. The average Bonchev–Trinajstić information content (AvgIpc) is 3.26. The number of methoxy groups -OCH3 is 1. The van der Waals surface area contributed by atoms with Crippen LogP contribution < -0.4 is 15.5 Å². The number of hydrogen-bond acceptors (Lipinski definition) is 6. The van der Waals surface area contributed by atoms with Gasteiger partial charge in [0.25, 0.3) is 0 Å². The maximum atomic E-state index is 13.1. The van der Waals surface area contributed by atoms with Crippen LogP contribution >= 0.6 is 11.6 Å². The van der Waals surface area contributed by atoms with Crippen LogP contribution in [0.2, 0.25) is 5.02 Å². The van der Waals surface area contributed by atoms with Crippen LogP contribution in [-0.4, -0.2) is 65.1 Å². The first-order valence-corrected chi connectivity index (χ1v) is 11.1. The Balaban J connectivity index is 1.46. The van der Waals surface area contributed by atoms with Crippen LogP contribution in [0.5, 0.6) is 0 Å². The van der Waals surface area contributed by atoms with Gasteiger partial charge in [0.15, 0.2) is 0 Å². The molecule has 0 radical (unpaired) electrons. The minimum Gasteiger partial charge on any atom is -0.380 e. The molecule has 2 N–H and O–H groups in total. The maximum Gasteiger partial charge on any atom is 0.323 e. The Kier molecular flexibility index (Phi) is 7.05. The molecule has 2 fully saturated rings. The van der Waals surface area contributed by atoms with E-state index in [1.807, 2.05) is 0 Å². The first kappa shape index (κ1) is 22.9. The summed E-state index contributed by atoms with van der Waals surface area (Å²) in [5.74, 6) is 0.779. The van der Waals surface area contributed by atoms with Crippen LogP contribution in [0.15, 0.2) is 36.5 Å². The number of hydrogen-bond donors (Lipinski definition) is 2. The molecule has 4 amide bonds. The first-order chi connectivity index (χ1) is 15.9. The standard InChI is InChI=1S/C22H25ClN6O4/c1-33-15-11-16(29(13-15)22(32)27-17-9-8-14(23)12-24-17)21(31)26-18-5-4-6-19(25-18)28-10-3-2-7-20(28)30/h4-6,8-9,12,15-16H,2-3,7,10-11,13H2,1H3,(H,24,27,32)(H,25,26,31). The summed E-state index contributed by atoms with van der Waals surface area (Å²) in [5.41, 5.74) is 0. The largest absolute Gasteiger partial charge is 0.380 e. The minimum atomic E-state index is -0.760. The number of halogens is 1. The predicted octanol–water partition coefficient (Wildman–Crippen LogP) is 2.91. The molecule has 2 aromatic heterocycles. The molecule has 0 aromatic carbocycles. The van der Waals surface area contributed by atoms with Crippen molar-refractivity contribution in [1.82, 2.24) is 14.9 Å². The lowest BCUT2D eigenvalue weighted by molar-refractivity contribution is -0.120. The number of carbonyl (C=O) groups is 3. The van der Waals surface area contributed by atoms with Crippen molar-refractivity contribution in [2.45, 2.75) is 37.8 Å². The lowest BCUT2D eigenvalue weighted by Crippen LogP contribution is -2.45. The van der Waals surface area contributed by atoms with Gasteiger partial charge in [0, 0.05) is 39.2 Å². The van der Waals surface area contributed by atoms with Crippen LogP contribution in [0.3, 0.4) is 0 Å². The topological polar surface area (TPSA) is 117 Å². The fraction of sp³-hybridized carbons (Fsp3) is 0.409. The van der Waals surface area contributed by atoms with Crippen LogP contribution in [0.4, 0.5) is 22.2 Å². The van der Waals surface area contributed by atoms with E-state index in [2.05, 4.69) is 20.6 Å². The number of ether oxygens (including phenoxy) is 1. The number of nitrogens with zero attached hydrogens (tertiary/aromatic N) is 4. The summed E-state index contributed by atoms with van der Waals surface area (Å²) in [7, 11) is 1.54. The Bertz CT molecular complexity index is 1030. The number of rotatable bonds is 5. The number of pyridine rings is 2. The minimum absolute atomic E-state index is 0.0228. The molecule has 2 aliphatic rings. The van der Waals surface area contributed by atoms with Gasteiger partial charge in [-0.3, -0.25) is 19.8 Å². The van der Waals surface area contributed by atoms with Crippen molar-refractivity contribution in [3.8, 4) is 0 Å². The third-order valence-corrected chi connectivity index (χ3v) is 5.93. The van der Waals surface area contributed by atoms with Crippen LogP contribution in [0.1, 0.15) is 25.7 Å². The number of urea groups is 1. The highest BCUT2D eigenvalue weighted by molar-refractivity contribution is 6.30. The Morgan fingerprint density at radius 1 is 1.15 bits per heavy atom. The second kappa shape index (κ2) is 10.1. The van der Waals surface area contributed by atoms with E-state index in [-0.39, 0.29) is 24.5 Å². The molecule has 10 nitrogen and oxygen atoms in total. The predicted molar refractivity (Wildman–Crippen MR) is 123 cm³/mol. The summed E-state index contributed by atoms with van der Waals surface area (Å²) in [5, 5.41) is 5.91. The summed E-state index contributed by atoms with van der Waals surface area (Å²) < 4.78 is 5.40. The number of aromatic nitrogens is 2. The van der Waals surface area contributed by atoms with Gasteiger partial charge >= 0.3 is 6.03 Å². The molecule has 4 rings (SSSR count). The smallest absolute Gasteiger partial charge is 0.323 e. The van der Waals surface area contributed by atoms with E-state index < -0.39 is 12.1 Å². The van der Waals surface area contributed by atoms with Crippen LogP contribution in [0, 0.1) is 0 Å². The molecular formula is C22H25ClN6O4. The van der Waals surface area contributed by atoms with Gasteiger partial charge < -0.3 is 15.0 Å². The highest BCUT2D eigenvalue weighted by Gasteiger charge is 2.40. The number of likely N-dealkylation sites (tertiary alicyclic amines) is 1. The van der Waals surface area contributed by atoms with Crippen molar-refractivity contribution in [2.75, 3.05) is 35.7 Å². The Morgan fingerprint density at radius 2 is 2.00 bits per heavy atom. The number of piperidine rings is 1. The molecule has 174 valence electrons. The quantitative estimate of drug-likeness (QED) is 0.691. The second-order valence-corrected chi connectivity index (χ2v) is 8.36. The number of carbonyl (C=O) groups excluding carboxylic acids is 3. The van der Waals surface area contributed by atoms with Gasteiger partial charge in [-0.15, -0.1) is 0 Å². The zero-order valence-corrected chi connectivity index (χ0v) is 18.9. The fourth-order valence-corrected chi connectivity index (χ4v) is 4.08. The van der Waals surface area contributed by atoms with Crippen LogP contribution in [-0.2, 0) is 14.3 Å². The molecule has 2 aromatic rings. The normalized spacial score (nSPS) is 20.6. The van der Waals surface area contributed by atoms with E-state index in [4.69, 9.17) is 16.3 Å². The zero-order chi connectivity index (χ0) is 23.4. The van der Waals surface area contributed by atoms with Gasteiger partial charge in [0.1, 0.15) is 23.5 Å². The second-order valence-electron chi connectivity index (χ2n) is 7.93. The van der Waals surface area contributed by atoms with Crippen molar-refractivity contribution in [3.05, 3.63) is 41.6 Å². The molecule has 2 atom stereocenters. The summed E-state index contributed by atoms with van der Waals surface area (Å²) in [6.07, 6.45) is 3.76. The highest BCUT2D eigenvalue weighted by atomic mass is 35.5. The molecule has 11 heteroatoms. The molecular weight excluding hydrogens is 448 g/mol. The van der Waals surface area contributed by atoms with Crippen molar-refractivity contribution in [1.29, 1.82) is 0 Å². The summed E-state index contributed by atoms with van der Waals surface area (Å²) >= 11 is 5.84. The van der Waals surface area contributed by atoms with E-state index in [1.165, 1.54) is 11.1 Å². The molecule has 0 aliphatic carbocycles. The van der Waals surface area contributed by atoms with Gasteiger partial charge in [-0.05, 0) is 37.1 Å². The van der Waals surface area contributed by atoms with Gasteiger partial charge in [0.2, 0.25) is 11.8 Å². The Morgan fingerprint density at radius 3 is 2.73 bits per heavy atom. The molecule has 0 saturated carbocycles. The van der Waals surface area contributed by atoms with Gasteiger partial charge in [-0.2, -0.15) is 0 Å². The highest BCUT2D eigenvalue weighted by Crippen LogP contribution is 2.24. The van der Waals surface area contributed by atoms with Gasteiger partial charge in [-0.25, -0.2) is 14.8 Å². The first-order valence-electron chi connectivity index (χ1n) is 10.7. The SMILES string of the molecule is COC1CC(C(=O)Nc2cccc(N3CCCCC3=O)n2)N(C(=O)Nc2ccc(Cl)cn2)C1. The van der Waals surface area contributed by atoms with Crippen molar-refractivity contribution >= 4 is 46.9 Å². The van der Waals surface area contributed by atoms with E-state index in [9.17, 15) is 14.4 Å². The average molecular weight is 473 g/mol. The van der Waals surface area contributed by atoms with Crippen molar-refractivity contribution in [3.63, 3.8) is 0 Å². The maximum absolute atomic E-state index is 13.1. The van der Waals surface area contributed by atoms with Crippen molar-refractivity contribution < 1.29 is 19.1 Å². The third kappa shape index (κ3) is 5.40. The molecule has 0 spiro atoms. The van der Waals surface area contributed by atoms with Crippen molar-refractivity contribution in [2.24, 2.45) is 0 Å². The lowest BCUT2D eigenvalue weighted by Gasteiger charge is -2.26.